The standard InChI is InChI=1S/C16H25N3O3/c1-2-16(15(20)21)8-5-9-19(11-16)10-13-17-14(22-18-13)12-6-3-4-7-12/h12H,2-11H2,1H3,(H,20,21). The molecule has 1 unspecified atom stereocenters. The van der Waals surface area contributed by atoms with Crippen LogP contribution in [0, 0.1) is 5.41 Å². The van der Waals surface area contributed by atoms with Gasteiger partial charge in [0, 0.05) is 12.5 Å². The highest BCUT2D eigenvalue weighted by Crippen LogP contribution is 2.35. The van der Waals surface area contributed by atoms with Gasteiger partial charge in [-0.05, 0) is 38.6 Å². The maximum Gasteiger partial charge on any atom is 0.310 e. The molecule has 1 N–H and O–H groups in total. The van der Waals surface area contributed by atoms with E-state index in [0.717, 1.165) is 38.1 Å². The number of aromatic nitrogens is 2. The molecule has 6 nitrogen and oxygen atoms in total. The Bertz CT molecular complexity index is 524. The summed E-state index contributed by atoms with van der Waals surface area (Å²) in [5.74, 6) is 1.21. The van der Waals surface area contributed by atoms with Gasteiger partial charge in [-0.25, -0.2) is 0 Å². The molecule has 1 aliphatic carbocycles. The fourth-order valence-electron chi connectivity index (χ4n) is 3.85. The smallest absolute Gasteiger partial charge is 0.310 e. The van der Waals surface area contributed by atoms with Gasteiger partial charge in [0.1, 0.15) is 0 Å². The summed E-state index contributed by atoms with van der Waals surface area (Å²) < 4.78 is 5.41. The predicted octanol–water partition coefficient (Wildman–Crippen LogP) is 2.80. The van der Waals surface area contributed by atoms with E-state index in [1.54, 1.807) is 0 Å². The van der Waals surface area contributed by atoms with Gasteiger partial charge in [0.05, 0.1) is 12.0 Å². The first-order valence-corrected chi connectivity index (χ1v) is 8.41. The number of carboxylic acid groups (broad SMARTS) is 1. The second kappa shape index (κ2) is 6.36. The summed E-state index contributed by atoms with van der Waals surface area (Å²) in [4.78, 5) is 18.3. The van der Waals surface area contributed by atoms with Gasteiger partial charge in [-0.3, -0.25) is 9.69 Å². The van der Waals surface area contributed by atoms with Crippen LogP contribution in [-0.4, -0.2) is 39.2 Å². The van der Waals surface area contributed by atoms with Crippen LogP contribution in [0.15, 0.2) is 4.52 Å². The normalized spacial score (nSPS) is 27.3. The lowest BCUT2D eigenvalue weighted by atomic mass is 9.77. The summed E-state index contributed by atoms with van der Waals surface area (Å²) in [7, 11) is 0. The summed E-state index contributed by atoms with van der Waals surface area (Å²) in [6.07, 6.45) is 7.10. The third kappa shape index (κ3) is 3.02. The number of carbonyl (C=O) groups is 1. The predicted molar refractivity (Wildman–Crippen MR) is 80.4 cm³/mol. The van der Waals surface area contributed by atoms with Crippen LogP contribution < -0.4 is 0 Å². The summed E-state index contributed by atoms with van der Waals surface area (Å²) in [5.41, 5.74) is -0.615. The quantitative estimate of drug-likeness (QED) is 0.901. The van der Waals surface area contributed by atoms with Crippen LogP contribution in [0.5, 0.6) is 0 Å². The molecule has 2 heterocycles. The number of rotatable bonds is 5. The molecule has 0 radical (unpaired) electrons. The van der Waals surface area contributed by atoms with Crippen LogP contribution in [0.25, 0.3) is 0 Å². The zero-order chi connectivity index (χ0) is 15.6. The Morgan fingerprint density at radius 1 is 1.41 bits per heavy atom. The van der Waals surface area contributed by atoms with E-state index >= 15 is 0 Å². The third-order valence-electron chi connectivity index (χ3n) is 5.34. The first-order chi connectivity index (χ1) is 10.6. The largest absolute Gasteiger partial charge is 0.481 e. The van der Waals surface area contributed by atoms with Crippen LogP contribution in [0.2, 0.25) is 0 Å². The van der Waals surface area contributed by atoms with Crippen LogP contribution in [0.4, 0.5) is 0 Å². The van der Waals surface area contributed by atoms with E-state index in [0.29, 0.717) is 31.3 Å². The number of nitrogens with zero attached hydrogens (tertiary/aromatic N) is 3. The van der Waals surface area contributed by atoms with Crippen LogP contribution in [0.3, 0.4) is 0 Å². The summed E-state index contributed by atoms with van der Waals surface area (Å²) in [6.45, 7) is 4.03. The molecule has 1 aliphatic heterocycles. The van der Waals surface area contributed by atoms with Crippen molar-refractivity contribution in [1.29, 1.82) is 0 Å². The highest BCUT2D eigenvalue weighted by molar-refractivity contribution is 5.75. The zero-order valence-corrected chi connectivity index (χ0v) is 13.3. The number of carboxylic acids is 1. The molecule has 122 valence electrons. The van der Waals surface area contributed by atoms with Crippen molar-refractivity contribution in [1.82, 2.24) is 15.0 Å². The maximum absolute atomic E-state index is 11.6. The van der Waals surface area contributed by atoms with Crippen molar-refractivity contribution in [3.63, 3.8) is 0 Å². The van der Waals surface area contributed by atoms with Gasteiger partial charge in [-0.2, -0.15) is 4.98 Å². The maximum atomic E-state index is 11.6. The average Bonchev–Trinajstić information content (AvgIpc) is 3.18. The molecule has 1 aromatic heterocycles. The Morgan fingerprint density at radius 3 is 2.86 bits per heavy atom. The minimum absolute atomic E-state index is 0.427. The molecule has 3 rings (SSSR count). The Hall–Kier alpha value is -1.43. The van der Waals surface area contributed by atoms with E-state index in [-0.39, 0.29) is 0 Å². The van der Waals surface area contributed by atoms with Crippen molar-refractivity contribution >= 4 is 5.97 Å². The lowest BCUT2D eigenvalue weighted by molar-refractivity contribution is -0.153. The van der Waals surface area contributed by atoms with Gasteiger partial charge in [0.2, 0.25) is 5.89 Å². The second-order valence-electron chi connectivity index (χ2n) is 6.78. The van der Waals surface area contributed by atoms with Crippen molar-refractivity contribution in [2.75, 3.05) is 13.1 Å². The number of hydrogen-bond acceptors (Lipinski definition) is 5. The Labute approximate surface area is 130 Å². The molecule has 0 aromatic carbocycles. The number of aliphatic carboxylic acids is 1. The molecule has 1 aromatic rings. The van der Waals surface area contributed by atoms with E-state index in [2.05, 4.69) is 15.0 Å². The van der Waals surface area contributed by atoms with Crippen LogP contribution in [0.1, 0.15) is 69.5 Å². The van der Waals surface area contributed by atoms with E-state index in [9.17, 15) is 9.90 Å². The number of piperidine rings is 1. The molecular formula is C16H25N3O3. The molecule has 6 heteroatoms. The van der Waals surface area contributed by atoms with Crippen molar-refractivity contribution in [2.45, 2.75) is 64.3 Å². The van der Waals surface area contributed by atoms with Gasteiger partial charge >= 0.3 is 5.97 Å². The molecule has 0 spiro atoms. The van der Waals surface area contributed by atoms with E-state index < -0.39 is 11.4 Å². The lowest BCUT2D eigenvalue weighted by Crippen LogP contribution is -2.47. The first-order valence-electron chi connectivity index (χ1n) is 8.41. The average molecular weight is 307 g/mol. The number of likely N-dealkylation sites (tertiary alicyclic amines) is 1. The van der Waals surface area contributed by atoms with E-state index in [1.807, 2.05) is 6.92 Å². The molecule has 0 bridgehead atoms. The minimum Gasteiger partial charge on any atom is -0.481 e. The fourth-order valence-corrected chi connectivity index (χ4v) is 3.85. The highest BCUT2D eigenvalue weighted by Gasteiger charge is 2.41. The monoisotopic (exact) mass is 307 g/mol. The Kier molecular flexibility index (Phi) is 4.47. The van der Waals surface area contributed by atoms with E-state index in [1.165, 1.54) is 12.8 Å². The van der Waals surface area contributed by atoms with Gasteiger partial charge in [-0.1, -0.05) is 24.9 Å². The van der Waals surface area contributed by atoms with Gasteiger partial charge < -0.3 is 9.63 Å². The van der Waals surface area contributed by atoms with Gasteiger partial charge in [0.25, 0.3) is 0 Å². The third-order valence-corrected chi connectivity index (χ3v) is 5.34. The van der Waals surface area contributed by atoms with Crippen molar-refractivity contribution in [2.24, 2.45) is 5.41 Å². The SMILES string of the molecule is CCC1(C(=O)O)CCCN(Cc2noc(C3CCCC3)n2)C1. The van der Waals surface area contributed by atoms with Crippen molar-refractivity contribution < 1.29 is 14.4 Å². The van der Waals surface area contributed by atoms with Gasteiger partial charge in [0.15, 0.2) is 5.82 Å². The molecule has 1 saturated heterocycles. The molecular weight excluding hydrogens is 282 g/mol. The summed E-state index contributed by atoms with van der Waals surface area (Å²) in [5, 5.41) is 13.6. The summed E-state index contributed by atoms with van der Waals surface area (Å²) >= 11 is 0. The molecule has 1 atom stereocenters. The molecule has 1 saturated carbocycles. The van der Waals surface area contributed by atoms with Crippen molar-refractivity contribution in [3.05, 3.63) is 11.7 Å². The lowest BCUT2D eigenvalue weighted by Gasteiger charge is -2.38. The van der Waals surface area contributed by atoms with Crippen molar-refractivity contribution in [3.8, 4) is 0 Å². The van der Waals surface area contributed by atoms with Gasteiger partial charge in [-0.15, -0.1) is 0 Å². The Morgan fingerprint density at radius 2 is 2.18 bits per heavy atom. The Balaban J connectivity index is 1.64. The highest BCUT2D eigenvalue weighted by atomic mass is 16.5. The van der Waals surface area contributed by atoms with E-state index in [4.69, 9.17) is 4.52 Å². The zero-order valence-electron chi connectivity index (χ0n) is 13.3. The fraction of sp³-hybridized carbons (Fsp3) is 0.812. The minimum atomic E-state index is -0.681. The molecule has 2 fully saturated rings. The topological polar surface area (TPSA) is 79.5 Å². The first kappa shape index (κ1) is 15.5. The molecule has 0 amide bonds. The van der Waals surface area contributed by atoms with Crippen LogP contribution in [-0.2, 0) is 11.3 Å². The van der Waals surface area contributed by atoms with Crippen LogP contribution >= 0.6 is 0 Å². The second-order valence-corrected chi connectivity index (χ2v) is 6.78. The molecule has 2 aliphatic rings. The number of hydrogen-bond donors (Lipinski definition) is 1. The molecule has 22 heavy (non-hydrogen) atoms. The summed E-state index contributed by atoms with van der Waals surface area (Å²) in [6, 6.07) is 0.